The number of aryl methyl sites for hydroxylation is 1. The van der Waals surface area contributed by atoms with Crippen LogP contribution in [0.25, 0.3) is 0 Å². The topological polar surface area (TPSA) is 62.6 Å². The Balaban J connectivity index is 1.30. The quantitative estimate of drug-likeness (QED) is 0.725. The number of piperidine rings is 1. The lowest BCUT2D eigenvalue weighted by Crippen LogP contribution is -2.37. The molecular formula is C26H37N5O2. The van der Waals surface area contributed by atoms with Gasteiger partial charge in [0.25, 0.3) is 5.91 Å². The van der Waals surface area contributed by atoms with Gasteiger partial charge < -0.3 is 19.9 Å². The molecule has 1 aromatic heterocycles. The van der Waals surface area contributed by atoms with Gasteiger partial charge in [-0.1, -0.05) is 6.92 Å². The van der Waals surface area contributed by atoms with Crippen molar-refractivity contribution in [2.75, 3.05) is 49.6 Å². The van der Waals surface area contributed by atoms with E-state index in [1.165, 1.54) is 23.4 Å². The molecule has 1 aromatic carbocycles. The number of aromatic nitrogens is 2. The fourth-order valence-corrected chi connectivity index (χ4v) is 5.45. The molecule has 0 bridgehead atoms. The molecule has 2 fully saturated rings. The number of hydrogen-bond acceptors (Lipinski definition) is 5. The molecule has 0 saturated carbocycles. The lowest BCUT2D eigenvalue weighted by Gasteiger charge is -2.29. The van der Waals surface area contributed by atoms with Gasteiger partial charge in [-0.15, -0.1) is 0 Å². The van der Waals surface area contributed by atoms with E-state index in [1.807, 2.05) is 4.90 Å². The summed E-state index contributed by atoms with van der Waals surface area (Å²) in [6.07, 6.45) is 7.36. The maximum absolute atomic E-state index is 13.4. The van der Waals surface area contributed by atoms with Crippen LogP contribution in [0.2, 0.25) is 0 Å². The van der Waals surface area contributed by atoms with Gasteiger partial charge in [-0.3, -0.25) is 9.48 Å². The summed E-state index contributed by atoms with van der Waals surface area (Å²) in [5.74, 6) is 0.135. The molecule has 3 aliphatic rings. The molecule has 1 amide bonds. The second-order valence-electron chi connectivity index (χ2n) is 9.58. The van der Waals surface area contributed by atoms with Crippen molar-refractivity contribution in [3.8, 4) is 0 Å². The van der Waals surface area contributed by atoms with E-state index >= 15 is 0 Å². The van der Waals surface area contributed by atoms with Crippen molar-refractivity contribution >= 4 is 17.3 Å². The minimum Gasteiger partial charge on any atom is -0.382 e. The molecule has 1 unspecified atom stereocenters. The summed E-state index contributed by atoms with van der Waals surface area (Å²) in [5, 5.41) is 8.58. The van der Waals surface area contributed by atoms with Crippen LogP contribution in [0.4, 0.5) is 11.4 Å². The number of amides is 1. The van der Waals surface area contributed by atoms with Crippen molar-refractivity contribution < 1.29 is 9.53 Å². The zero-order chi connectivity index (χ0) is 22.6. The van der Waals surface area contributed by atoms with Crippen molar-refractivity contribution in [2.24, 2.45) is 0 Å². The van der Waals surface area contributed by atoms with E-state index in [4.69, 9.17) is 9.84 Å². The van der Waals surface area contributed by atoms with E-state index in [1.54, 1.807) is 0 Å². The van der Waals surface area contributed by atoms with Crippen LogP contribution in [0.5, 0.6) is 0 Å². The summed E-state index contributed by atoms with van der Waals surface area (Å²) >= 11 is 0. The van der Waals surface area contributed by atoms with Crippen molar-refractivity contribution in [3.63, 3.8) is 0 Å². The highest BCUT2D eigenvalue weighted by atomic mass is 16.5. The van der Waals surface area contributed by atoms with Crippen LogP contribution in [-0.4, -0.2) is 66.0 Å². The molecule has 7 nitrogen and oxygen atoms in total. The maximum atomic E-state index is 13.4. The Hall–Kier alpha value is -2.54. The summed E-state index contributed by atoms with van der Waals surface area (Å²) in [4.78, 5) is 17.8. The summed E-state index contributed by atoms with van der Waals surface area (Å²) in [6, 6.07) is 9.08. The van der Waals surface area contributed by atoms with E-state index in [9.17, 15) is 4.79 Å². The molecular weight excluding hydrogens is 414 g/mol. The van der Waals surface area contributed by atoms with E-state index in [2.05, 4.69) is 46.1 Å². The van der Waals surface area contributed by atoms with Crippen LogP contribution < -0.4 is 10.2 Å². The molecule has 2 saturated heterocycles. The molecule has 178 valence electrons. The number of carbonyl (C=O) groups is 1. The van der Waals surface area contributed by atoms with Gasteiger partial charge in [0.05, 0.1) is 13.2 Å². The third kappa shape index (κ3) is 4.88. The SMILES string of the molecule is CCCn1nc(C(=O)N2CCCCC2)c2c1CCC(Nc1ccc(N3CCOCC3)cc1)C2. The average Bonchev–Trinajstić information content (AvgIpc) is 3.23. The number of nitrogens with one attached hydrogen (secondary N) is 1. The van der Waals surface area contributed by atoms with E-state index in [0.29, 0.717) is 11.7 Å². The first kappa shape index (κ1) is 22.3. The van der Waals surface area contributed by atoms with Gasteiger partial charge >= 0.3 is 0 Å². The number of hydrogen-bond donors (Lipinski definition) is 1. The molecule has 7 heteroatoms. The van der Waals surface area contributed by atoms with Gasteiger partial charge in [0.15, 0.2) is 5.69 Å². The lowest BCUT2D eigenvalue weighted by molar-refractivity contribution is 0.0716. The van der Waals surface area contributed by atoms with Crippen molar-refractivity contribution in [1.29, 1.82) is 0 Å². The average molecular weight is 452 g/mol. The number of benzene rings is 1. The normalized spacial score (nSPS) is 21.1. The first-order chi connectivity index (χ1) is 16.2. The fraction of sp³-hybridized carbons (Fsp3) is 0.615. The monoisotopic (exact) mass is 451 g/mol. The molecule has 1 atom stereocenters. The number of ether oxygens (including phenoxy) is 1. The molecule has 0 spiro atoms. The Bertz CT molecular complexity index is 942. The summed E-state index contributed by atoms with van der Waals surface area (Å²) in [7, 11) is 0. The first-order valence-corrected chi connectivity index (χ1v) is 12.8. The predicted molar refractivity (Wildman–Crippen MR) is 131 cm³/mol. The Kier molecular flexibility index (Phi) is 6.85. The number of anilines is 2. The fourth-order valence-electron chi connectivity index (χ4n) is 5.45. The van der Waals surface area contributed by atoms with Gasteiger partial charge in [-0.25, -0.2) is 0 Å². The standard InChI is InChI=1S/C26H37N5O2/c1-2-12-31-24-11-8-21(19-23(24)25(28-31)26(32)30-13-4-3-5-14-30)27-20-6-9-22(10-7-20)29-15-17-33-18-16-29/h6-7,9-10,21,27H,2-5,8,11-19H2,1H3. The Morgan fingerprint density at radius 2 is 1.85 bits per heavy atom. The van der Waals surface area contributed by atoms with Crippen molar-refractivity contribution in [2.45, 2.75) is 64.5 Å². The van der Waals surface area contributed by atoms with E-state index in [-0.39, 0.29) is 5.91 Å². The highest BCUT2D eigenvalue weighted by Gasteiger charge is 2.31. The molecule has 2 aliphatic heterocycles. The van der Waals surface area contributed by atoms with Crippen molar-refractivity contribution in [3.05, 3.63) is 41.2 Å². The number of carbonyl (C=O) groups excluding carboxylic acids is 1. The highest BCUT2D eigenvalue weighted by Crippen LogP contribution is 2.29. The van der Waals surface area contributed by atoms with Crippen molar-refractivity contribution in [1.82, 2.24) is 14.7 Å². The minimum atomic E-state index is 0.135. The summed E-state index contributed by atoms with van der Waals surface area (Å²) in [5.41, 5.74) is 5.55. The third-order valence-corrected chi connectivity index (χ3v) is 7.24. The molecule has 0 radical (unpaired) electrons. The first-order valence-electron chi connectivity index (χ1n) is 12.8. The zero-order valence-corrected chi connectivity index (χ0v) is 19.9. The zero-order valence-electron chi connectivity index (χ0n) is 19.9. The second-order valence-corrected chi connectivity index (χ2v) is 9.58. The van der Waals surface area contributed by atoms with Crippen LogP contribution in [-0.2, 0) is 24.1 Å². The Morgan fingerprint density at radius 3 is 2.58 bits per heavy atom. The molecule has 2 aromatic rings. The summed E-state index contributed by atoms with van der Waals surface area (Å²) < 4.78 is 7.58. The second kappa shape index (κ2) is 10.2. The number of fused-ring (bicyclic) bond motifs is 1. The number of morpholine rings is 1. The number of rotatable bonds is 6. The van der Waals surface area contributed by atoms with E-state index < -0.39 is 0 Å². The van der Waals surface area contributed by atoms with Crippen LogP contribution in [0.1, 0.15) is 60.8 Å². The number of likely N-dealkylation sites (tertiary alicyclic amines) is 1. The smallest absolute Gasteiger partial charge is 0.274 e. The highest BCUT2D eigenvalue weighted by molar-refractivity contribution is 5.94. The van der Waals surface area contributed by atoms with Gasteiger partial charge in [-0.05, 0) is 69.2 Å². The summed E-state index contributed by atoms with van der Waals surface area (Å²) in [6.45, 7) is 8.30. The van der Waals surface area contributed by atoms with Gasteiger partial charge in [-0.2, -0.15) is 5.10 Å². The molecule has 33 heavy (non-hydrogen) atoms. The van der Waals surface area contributed by atoms with Crippen LogP contribution in [0.3, 0.4) is 0 Å². The van der Waals surface area contributed by atoms with Gasteiger partial charge in [0.1, 0.15) is 0 Å². The van der Waals surface area contributed by atoms with Crippen LogP contribution in [0.15, 0.2) is 24.3 Å². The van der Waals surface area contributed by atoms with Gasteiger partial charge in [0.2, 0.25) is 0 Å². The Labute approximate surface area is 197 Å². The lowest BCUT2D eigenvalue weighted by atomic mass is 9.90. The largest absolute Gasteiger partial charge is 0.382 e. The van der Waals surface area contributed by atoms with Crippen LogP contribution in [0, 0.1) is 0 Å². The molecule has 3 heterocycles. The maximum Gasteiger partial charge on any atom is 0.274 e. The molecule has 1 aliphatic carbocycles. The number of nitrogens with zero attached hydrogens (tertiary/aromatic N) is 4. The predicted octanol–water partition coefficient (Wildman–Crippen LogP) is 3.73. The molecule has 5 rings (SSSR count). The Morgan fingerprint density at radius 1 is 1.09 bits per heavy atom. The third-order valence-electron chi connectivity index (χ3n) is 7.24. The van der Waals surface area contributed by atoms with Gasteiger partial charge in [0, 0.05) is 61.4 Å². The minimum absolute atomic E-state index is 0.135. The molecule has 1 N–H and O–H groups in total. The van der Waals surface area contributed by atoms with Crippen LogP contribution >= 0.6 is 0 Å². The van der Waals surface area contributed by atoms with E-state index in [0.717, 1.165) is 90.1 Å².